The lowest BCUT2D eigenvalue weighted by Gasteiger charge is -2.22. The zero-order chi connectivity index (χ0) is 17.0. The number of hydrogen-bond acceptors (Lipinski definition) is 5. The Morgan fingerprint density at radius 3 is 2.48 bits per heavy atom. The Labute approximate surface area is 161 Å². The fourth-order valence-corrected chi connectivity index (χ4v) is 2.49. The van der Waals surface area contributed by atoms with E-state index in [2.05, 4.69) is 40.5 Å². The second-order valence-corrected chi connectivity index (χ2v) is 5.86. The van der Waals surface area contributed by atoms with E-state index in [1.807, 2.05) is 29.4 Å². The molecule has 0 aromatic heterocycles. The minimum atomic E-state index is 0. The van der Waals surface area contributed by atoms with Crippen molar-refractivity contribution in [3.05, 3.63) is 54.3 Å². The second kappa shape index (κ2) is 12.7. The minimum absolute atomic E-state index is 0. The molecule has 6 heteroatoms. The summed E-state index contributed by atoms with van der Waals surface area (Å²) in [5, 5.41) is 6.66. The number of hydrazone groups is 1. The fraction of sp³-hybridized carbons (Fsp3) is 0.421. The van der Waals surface area contributed by atoms with Crippen LogP contribution in [0, 0.1) is 0 Å². The Bertz CT molecular complexity index is 556. The maximum atomic E-state index is 5.64. The molecule has 0 saturated heterocycles. The van der Waals surface area contributed by atoms with Crippen molar-refractivity contribution in [2.24, 2.45) is 16.6 Å². The monoisotopic (exact) mass is 407 g/mol. The Morgan fingerprint density at radius 1 is 1.08 bits per heavy atom. The molecule has 5 nitrogen and oxygen atoms in total. The SMILES string of the molecule is Br.NCCCCN1C=CC(/C=N/N(CCCN)c2ccccc2)=CC1. The Kier molecular flexibility index (Phi) is 10.9. The number of rotatable bonds is 10. The van der Waals surface area contributed by atoms with Gasteiger partial charge in [0, 0.05) is 19.6 Å². The van der Waals surface area contributed by atoms with Crippen LogP contribution in [0.4, 0.5) is 5.69 Å². The number of halogens is 1. The zero-order valence-corrected chi connectivity index (χ0v) is 16.5. The standard InChI is InChI=1S/C19H29N5.BrH/c20-11-4-5-13-23-15-9-18(10-16-23)17-22-24(14-6-12-21)19-7-2-1-3-8-19;/h1-3,7-10,15,17H,4-6,11-14,16,20-21H2;1H/b22-17+;. The number of unbranched alkanes of at least 4 members (excludes halogenated alkanes) is 1. The summed E-state index contributed by atoms with van der Waals surface area (Å²) in [5.74, 6) is 0. The molecule has 0 bridgehead atoms. The third kappa shape index (κ3) is 7.86. The first-order valence-corrected chi connectivity index (χ1v) is 8.72. The number of allylic oxidation sites excluding steroid dienone is 2. The molecule has 0 aliphatic carbocycles. The molecule has 4 N–H and O–H groups in total. The van der Waals surface area contributed by atoms with Gasteiger partial charge in [-0.15, -0.1) is 17.0 Å². The number of benzene rings is 1. The van der Waals surface area contributed by atoms with Gasteiger partial charge in [0.25, 0.3) is 0 Å². The van der Waals surface area contributed by atoms with Crippen LogP contribution >= 0.6 is 17.0 Å². The van der Waals surface area contributed by atoms with Gasteiger partial charge in [-0.2, -0.15) is 5.10 Å². The van der Waals surface area contributed by atoms with Crippen LogP contribution in [-0.2, 0) is 0 Å². The molecule has 0 radical (unpaired) electrons. The van der Waals surface area contributed by atoms with Gasteiger partial charge in [0.1, 0.15) is 0 Å². The second-order valence-electron chi connectivity index (χ2n) is 5.86. The molecular weight excluding hydrogens is 378 g/mol. The van der Waals surface area contributed by atoms with E-state index in [9.17, 15) is 0 Å². The normalized spacial score (nSPS) is 13.7. The van der Waals surface area contributed by atoms with Crippen molar-refractivity contribution < 1.29 is 0 Å². The van der Waals surface area contributed by atoms with Crippen LogP contribution in [-0.4, -0.2) is 43.8 Å². The van der Waals surface area contributed by atoms with Crippen LogP contribution in [0.1, 0.15) is 19.3 Å². The molecule has 1 aromatic rings. The van der Waals surface area contributed by atoms with E-state index in [1.165, 1.54) is 0 Å². The molecule has 0 unspecified atom stereocenters. The number of anilines is 1. The van der Waals surface area contributed by atoms with Gasteiger partial charge in [0.15, 0.2) is 0 Å². The molecule has 25 heavy (non-hydrogen) atoms. The van der Waals surface area contributed by atoms with Gasteiger partial charge in [0.05, 0.1) is 11.9 Å². The fourth-order valence-electron chi connectivity index (χ4n) is 2.49. The summed E-state index contributed by atoms with van der Waals surface area (Å²) < 4.78 is 0. The third-order valence-corrected chi connectivity index (χ3v) is 3.91. The molecule has 1 aromatic carbocycles. The first-order valence-electron chi connectivity index (χ1n) is 8.72. The summed E-state index contributed by atoms with van der Waals surface area (Å²) in [4.78, 5) is 2.30. The maximum Gasteiger partial charge on any atom is 0.0593 e. The Balaban J connectivity index is 0.00000312. The van der Waals surface area contributed by atoms with Gasteiger partial charge in [-0.1, -0.05) is 24.3 Å². The number of para-hydroxylation sites is 1. The number of nitrogens with two attached hydrogens (primary N) is 2. The molecule has 2 rings (SSSR count). The topological polar surface area (TPSA) is 70.9 Å². The summed E-state index contributed by atoms with van der Waals surface area (Å²) >= 11 is 0. The quantitative estimate of drug-likeness (QED) is 0.355. The largest absolute Gasteiger partial charge is 0.374 e. The predicted octanol–water partition coefficient (Wildman–Crippen LogP) is 2.90. The minimum Gasteiger partial charge on any atom is -0.374 e. The van der Waals surface area contributed by atoms with Crippen molar-refractivity contribution in [1.82, 2.24) is 4.90 Å². The summed E-state index contributed by atoms with van der Waals surface area (Å²) in [6.07, 6.45) is 11.5. The predicted molar refractivity (Wildman–Crippen MR) is 113 cm³/mol. The molecule has 0 amide bonds. The van der Waals surface area contributed by atoms with Gasteiger partial charge in [-0.3, -0.25) is 5.01 Å². The molecule has 1 heterocycles. The van der Waals surface area contributed by atoms with Gasteiger partial charge in [0.2, 0.25) is 0 Å². The first-order chi connectivity index (χ1) is 11.8. The van der Waals surface area contributed by atoms with Gasteiger partial charge in [-0.05, 0) is 62.3 Å². The van der Waals surface area contributed by atoms with Crippen molar-refractivity contribution in [1.29, 1.82) is 0 Å². The summed E-state index contributed by atoms with van der Waals surface area (Å²) in [5.41, 5.74) is 13.4. The smallest absolute Gasteiger partial charge is 0.0593 e. The lowest BCUT2D eigenvalue weighted by Crippen LogP contribution is -2.23. The van der Waals surface area contributed by atoms with Crippen molar-refractivity contribution >= 4 is 28.9 Å². The molecule has 0 fully saturated rings. The highest BCUT2D eigenvalue weighted by Crippen LogP contribution is 2.14. The van der Waals surface area contributed by atoms with Crippen LogP contribution in [0.25, 0.3) is 0 Å². The molecule has 1 aliphatic rings. The maximum absolute atomic E-state index is 5.64. The van der Waals surface area contributed by atoms with E-state index >= 15 is 0 Å². The zero-order valence-electron chi connectivity index (χ0n) is 14.8. The van der Waals surface area contributed by atoms with Gasteiger partial charge < -0.3 is 16.4 Å². The van der Waals surface area contributed by atoms with Gasteiger partial charge >= 0.3 is 0 Å². The average molecular weight is 408 g/mol. The van der Waals surface area contributed by atoms with E-state index in [0.717, 1.165) is 56.7 Å². The lowest BCUT2D eigenvalue weighted by molar-refractivity contribution is 0.398. The van der Waals surface area contributed by atoms with Crippen molar-refractivity contribution in [3.8, 4) is 0 Å². The van der Waals surface area contributed by atoms with Crippen LogP contribution in [0.15, 0.2) is 59.4 Å². The molecule has 138 valence electrons. The highest BCUT2D eigenvalue weighted by Gasteiger charge is 2.05. The average Bonchev–Trinajstić information content (AvgIpc) is 2.64. The van der Waals surface area contributed by atoms with Crippen molar-refractivity contribution in [3.63, 3.8) is 0 Å². The molecule has 0 saturated carbocycles. The number of hydrogen-bond donors (Lipinski definition) is 2. The molecular formula is C19H30BrN5. The van der Waals surface area contributed by atoms with Crippen LogP contribution < -0.4 is 16.5 Å². The Morgan fingerprint density at radius 2 is 1.84 bits per heavy atom. The van der Waals surface area contributed by atoms with Crippen molar-refractivity contribution in [2.45, 2.75) is 19.3 Å². The van der Waals surface area contributed by atoms with E-state index in [1.54, 1.807) is 0 Å². The number of nitrogens with zero attached hydrogens (tertiary/aromatic N) is 3. The summed E-state index contributed by atoms with van der Waals surface area (Å²) in [6.45, 7) is 4.24. The lowest BCUT2D eigenvalue weighted by atomic mass is 10.2. The first kappa shape index (κ1) is 21.4. The van der Waals surface area contributed by atoms with Crippen LogP contribution in [0.5, 0.6) is 0 Å². The van der Waals surface area contributed by atoms with E-state index in [4.69, 9.17) is 11.5 Å². The molecule has 1 aliphatic heterocycles. The summed E-state index contributed by atoms with van der Waals surface area (Å²) in [7, 11) is 0. The summed E-state index contributed by atoms with van der Waals surface area (Å²) in [6, 6.07) is 10.2. The van der Waals surface area contributed by atoms with Crippen LogP contribution in [0.2, 0.25) is 0 Å². The molecule has 0 spiro atoms. The van der Waals surface area contributed by atoms with E-state index < -0.39 is 0 Å². The molecule has 0 atom stereocenters. The Hall–Kier alpha value is -1.63. The van der Waals surface area contributed by atoms with Gasteiger partial charge in [-0.25, -0.2) is 0 Å². The third-order valence-electron chi connectivity index (χ3n) is 3.91. The highest BCUT2D eigenvalue weighted by molar-refractivity contribution is 8.93. The van der Waals surface area contributed by atoms with Crippen LogP contribution in [0.3, 0.4) is 0 Å². The highest BCUT2D eigenvalue weighted by atomic mass is 79.9. The van der Waals surface area contributed by atoms with E-state index in [-0.39, 0.29) is 17.0 Å². The van der Waals surface area contributed by atoms with E-state index in [0.29, 0.717) is 6.54 Å². The van der Waals surface area contributed by atoms with Crippen molar-refractivity contribution in [2.75, 3.05) is 37.7 Å².